The summed E-state index contributed by atoms with van der Waals surface area (Å²) in [7, 11) is 0. The van der Waals surface area contributed by atoms with Gasteiger partial charge in [0.25, 0.3) is 0 Å². The number of allylic oxidation sites excluding steroid dienone is 1. The third-order valence-corrected chi connectivity index (χ3v) is 10.0. The predicted molar refractivity (Wildman–Crippen MR) is 127 cm³/mol. The molecule has 0 radical (unpaired) electrons. The van der Waals surface area contributed by atoms with Gasteiger partial charge in [0, 0.05) is 39.0 Å². The molecule has 6 heteroatoms. The molecular formula is C28H42O6. The van der Waals surface area contributed by atoms with Crippen molar-refractivity contribution in [1.29, 1.82) is 0 Å². The first kappa shape index (κ1) is 25.2. The van der Waals surface area contributed by atoms with Crippen LogP contribution in [0.2, 0.25) is 0 Å². The summed E-state index contributed by atoms with van der Waals surface area (Å²) in [6.45, 7) is 11.7. The first-order chi connectivity index (χ1) is 16.0. The van der Waals surface area contributed by atoms with Gasteiger partial charge in [0.1, 0.15) is 12.2 Å². The van der Waals surface area contributed by atoms with Crippen LogP contribution in [0.15, 0.2) is 11.6 Å². The van der Waals surface area contributed by atoms with E-state index < -0.39 is 0 Å². The highest BCUT2D eigenvalue weighted by molar-refractivity contribution is 5.66. The number of fused-ring (bicyclic) bond motifs is 5. The van der Waals surface area contributed by atoms with Crippen LogP contribution in [-0.4, -0.2) is 36.7 Å². The Hall–Kier alpha value is -1.85. The maximum Gasteiger partial charge on any atom is 0.302 e. The zero-order valence-electron chi connectivity index (χ0n) is 21.7. The largest absolute Gasteiger partial charge is 0.466 e. The highest BCUT2D eigenvalue weighted by Crippen LogP contribution is 2.68. The second kappa shape index (κ2) is 9.31. The summed E-state index contributed by atoms with van der Waals surface area (Å²) in [4.78, 5) is 35.0. The predicted octanol–water partition coefficient (Wildman–Crippen LogP) is 5.24. The van der Waals surface area contributed by atoms with Gasteiger partial charge in [-0.2, -0.15) is 0 Å². The molecule has 9 atom stereocenters. The Morgan fingerprint density at radius 2 is 1.76 bits per heavy atom. The van der Waals surface area contributed by atoms with Crippen LogP contribution in [0.4, 0.5) is 0 Å². The summed E-state index contributed by atoms with van der Waals surface area (Å²) in [6.07, 6.45) is 9.44. The quantitative estimate of drug-likeness (QED) is 0.308. The number of carbonyl (C=O) groups excluding carboxylic acids is 3. The van der Waals surface area contributed by atoms with E-state index in [1.165, 1.54) is 26.3 Å². The molecule has 0 aliphatic heterocycles. The Morgan fingerprint density at radius 1 is 1.03 bits per heavy atom. The van der Waals surface area contributed by atoms with Crippen LogP contribution >= 0.6 is 0 Å². The first-order valence-corrected chi connectivity index (χ1v) is 13.1. The molecule has 0 heterocycles. The van der Waals surface area contributed by atoms with E-state index in [2.05, 4.69) is 19.9 Å². The molecule has 0 spiro atoms. The fraction of sp³-hybridized carbons (Fsp3) is 0.821. The minimum absolute atomic E-state index is 0.00998. The van der Waals surface area contributed by atoms with E-state index in [1.54, 1.807) is 0 Å². The number of rotatable bonds is 5. The lowest BCUT2D eigenvalue weighted by atomic mass is 9.47. The van der Waals surface area contributed by atoms with Crippen molar-refractivity contribution in [3.63, 3.8) is 0 Å². The normalized spacial score (nSPS) is 41.8. The summed E-state index contributed by atoms with van der Waals surface area (Å²) in [5.41, 5.74) is 1.69. The smallest absolute Gasteiger partial charge is 0.302 e. The topological polar surface area (TPSA) is 78.9 Å². The average Bonchev–Trinajstić information content (AvgIpc) is 3.04. The van der Waals surface area contributed by atoms with Gasteiger partial charge in [-0.15, -0.1) is 0 Å². The van der Waals surface area contributed by atoms with Gasteiger partial charge < -0.3 is 14.2 Å². The highest BCUT2D eigenvalue weighted by atomic mass is 16.5. The van der Waals surface area contributed by atoms with Gasteiger partial charge in [0.2, 0.25) is 0 Å². The molecule has 0 bridgehead atoms. The van der Waals surface area contributed by atoms with E-state index in [9.17, 15) is 14.4 Å². The first-order valence-electron chi connectivity index (χ1n) is 13.1. The number of hydrogen-bond donors (Lipinski definition) is 0. The van der Waals surface area contributed by atoms with Crippen LogP contribution in [0.25, 0.3) is 0 Å². The molecular weight excluding hydrogens is 432 g/mol. The Balaban J connectivity index is 1.60. The van der Waals surface area contributed by atoms with Crippen LogP contribution in [0.3, 0.4) is 0 Å². The average molecular weight is 475 g/mol. The lowest BCUT2D eigenvalue weighted by Crippen LogP contribution is -2.51. The lowest BCUT2D eigenvalue weighted by Gasteiger charge is -2.58. The van der Waals surface area contributed by atoms with Gasteiger partial charge in [0.05, 0.1) is 6.61 Å². The minimum Gasteiger partial charge on any atom is -0.466 e. The molecule has 0 aromatic rings. The van der Waals surface area contributed by atoms with E-state index >= 15 is 0 Å². The van der Waals surface area contributed by atoms with Gasteiger partial charge in [-0.3, -0.25) is 14.4 Å². The second-order valence-corrected chi connectivity index (χ2v) is 11.9. The Kier molecular flexibility index (Phi) is 6.91. The van der Waals surface area contributed by atoms with Crippen molar-refractivity contribution >= 4 is 17.9 Å². The molecule has 4 aliphatic carbocycles. The summed E-state index contributed by atoms with van der Waals surface area (Å²) in [6, 6.07) is 0. The molecule has 0 amide bonds. The molecule has 34 heavy (non-hydrogen) atoms. The van der Waals surface area contributed by atoms with Crippen LogP contribution in [-0.2, 0) is 28.6 Å². The summed E-state index contributed by atoms with van der Waals surface area (Å²) in [5, 5.41) is 0. The maximum absolute atomic E-state index is 11.8. The second-order valence-electron chi connectivity index (χ2n) is 11.9. The van der Waals surface area contributed by atoms with Gasteiger partial charge in [-0.25, -0.2) is 0 Å². The number of hydrogen-bond acceptors (Lipinski definition) is 6. The van der Waals surface area contributed by atoms with Crippen molar-refractivity contribution in [3.8, 4) is 0 Å². The maximum atomic E-state index is 11.8. The fourth-order valence-corrected chi connectivity index (χ4v) is 8.83. The van der Waals surface area contributed by atoms with E-state index in [1.807, 2.05) is 6.92 Å². The zero-order valence-corrected chi connectivity index (χ0v) is 21.7. The highest BCUT2D eigenvalue weighted by Gasteiger charge is 2.62. The summed E-state index contributed by atoms with van der Waals surface area (Å²) in [5.74, 6) is 1.39. The third kappa shape index (κ3) is 4.42. The van der Waals surface area contributed by atoms with Crippen LogP contribution < -0.4 is 0 Å². The number of esters is 3. The van der Waals surface area contributed by atoms with Gasteiger partial charge in [-0.05, 0) is 74.0 Å². The van der Waals surface area contributed by atoms with Crippen LogP contribution in [0, 0.1) is 40.4 Å². The lowest BCUT2D eigenvalue weighted by molar-refractivity contribution is -0.157. The molecule has 3 saturated carbocycles. The Bertz CT molecular complexity index is 863. The minimum atomic E-state index is -0.251. The number of carbonyl (C=O) groups is 3. The number of ether oxygens (including phenoxy) is 3. The monoisotopic (exact) mass is 474 g/mol. The SMILES string of the molecule is CC(=O)OC[C@@H]1C[C@H]2[C@@H]3CC=C4C[C@@H](OC(C)=O)CC[C@]4(C)[C@H]3CC[C@]2(C)[C@H]1[C@@H](C)OC(C)=O. The standard InChI is InChI=1S/C28H42O6/c1-16(33-18(3)30)26-20(15-32-17(2)29)13-25-23-8-7-21-14-22(34-19(4)31)9-11-27(21,5)24(23)10-12-28(25,26)6/h7,16,20,22-26H,8-15H2,1-6H3/t16-,20+,22+,23-,24+,25+,26+,27+,28+/m1/s1. The molecule has 0 N–H and O–H groups in total. The van der Waals surface area contributed by atoms with Gasteiger partial charge in [0.15, 0.2) is 0 Å². The molecule has 0 aromatic heterocycles. The Morgan fingerprint density at radius 3 is 2.41 bits per heavy atom. The summed E-state index contributed by atoms with van der Waals surface area (Å²) < 4.78 is 16.8. The molecule has 4 rings (SSSR count). The molecule has 4 aliphatic rings. The molecule has 0 saturated heterocycles. The van der Waals surface area contributed by atoms with Gasteiger partial charge in [-0.1, -0.05) is 25.5 Å². The summed E-state index contributed by atoms with van der Waals surface area (Å²) >= 11 is 0. The molecule has 190 valence electrons. The fourth-order valence-electron chi connectivity index (χ4n) is 8.83. The van der Waals surface area contributed by atoms with E-state index in [0.29, 0.717) is 24.4 Å². The van der Waals surface area contributed by atoms with E-state index in [-0.39, 0.29) is 52.8 Å². The van der Waals surface area contributed by atoms with Gasteiger partial charge >= 0.3 is 17.9 Å². The van der Waals surface area contributed by atoms with Crippen molar-refractivity contribution in [2.24, 2.45) is 40.4 Å². The third-order valence-electron chi connectivity index (χ3n) is 10.0. The van der Waals surface area contributed by atoms with Crippen LogP contribution in [0.1, 0.15) is 86.5 Å². The molecule has 6 nitrogen and oxygen atoms in total. The van der Waals surface area contributed by atoms with E-state index in [0.717, 1.165) is 44.9 Å². The molecule has 0 unspecified atom stereocenters. The van der Waals surface area contributed by atoms with Crippen LogP contribution in [0.5, 0.6) is 0 Å². The van der Waals surface area contributed by atoms with Crippen molar-refractivity contribution in [1.82, 2.24) is 0 Å². The Labute approximate surface area is 204 Å². The van der Waals surface area contributed by atoms with Crippen molar-refractivity contribution in [3.05, 3.63) is 11.6 Å². The van der Waals surface area contributed by atoms with Crippen molar-refractivity contribution in [2.45, 2.75) is 98.7 Å². The van der Waals surface area contributed by atoms with Crippen molar-refractivity contribution < 1.29 is 28.6 Å². The van der Waals surface area contributed by atoms with Crippen molar-refractivity contribution in [2.75, 3.05) is 6.61 Å². The molecule has 0 aromatic carbocycles. The van der Waals surface area contributed by atoms with E-state index in [4.69, 9.17) is 14.2 Å². The zero-order chi connectivity index (χ0) is 24.8. The molecule has 3 fully saturated rings.